The summed E-state index contributed by atoms with van der Waals surface area (Å²) in [5.74, 6) is -0.293. The fraction of sp³-hybridized carbons (Fsp3) is 0.650. The predicted octanol–water partition coefficient (Wildman–Crippen LogP) is 2.92. The molecule has 0 unspecified atom stereocenters. The van der Waals surface area contributed by atoms with Crippen LogP contribution < -0.4 is 10.1 Å². The molecule has 1 aromatic rings. The van der Waals surface area contributed by atoms with E-state index in [9.17, 15) is 26.4 Å². The highest BCUT2D eigenvalue weighted by Gasteiger charge is 2.34. The molecule has 1 amide bonds. The van der Waals surface area contributed by atoms with Crippen molar-refractivity contribution in [2.24, 2.45) is 11.8 Å². The van der Waals surface area contributed by atoms with Crippen molar-refractivity contribution in [2.45, 2.75) is 43.4 Å². The number of hydrogen-bond donors (Lipinski definition) is 1. The lowest BCUT2D eigenvalue weighted by Crippen LogP contribution is -2.43. The minimum atomic E-state index is -4.91. The van der Waals surface area contributed by atoms with Crippen molar-refractivity contribution < 1.29 is 35.9 Å². The molecule has 3 rings (SSSR count). The Balaban J connectivity index is 1.44. The zero-order valence-corrected chi connectivity index (χ0v) is 17.9. The standard InChI is InChI=1S/C20H27F3N2O5S/c21-20(22,23)30-17-3-1-4-18(13-17)31(27,28)25-10-7-16(8-11-25)19(26)24-9-2-12-29-14-15-5-6-15/h1,3-4,13,15-16H,2,5-12,14H2,(H,24,26). The molecule has 1 N–H and O–H groups in total. The topological polar surface area (TPSA) is 84.9 Å². The van der Waals surface area contributed by atoms with E-state index in [-0.39, 0.29) is 29.8 Å². The Morgan fingerprint density at radius 1 is 1.16 bits per heavy atom. The van der Waals surface area contributed by atoms with Crippen LogP contribution in [0.5, 0.6) is 5.75 Å². The lowest BCUT2D eigenvalue weighted by molar-refractivity contribution is -0.274. The summed E-state index contributed by atoms with van der Waals surface area (Å²) in [7, 11) is -3.98. The normalized spacial score (nSPS) is 18.7. The minimum Gasteiger partial charge on any atom is -0.406 e. The Kier molecular flexibility index (Phi) is 7.82. The number of sulfonamides is 1. The average Bonchev–Trinajstić information content (AvgIpc) is 3.54. The van der Waals surface area contributed by atoms with Crippen molar-refractivity contribution >= 4 is 15.9 Å². The first-order valence-electron chi connectivity index (χ1n) is 10.4. The van der Waals surface area contributed by atoms with Gasteiger partial charge in [-0.1, -0.05) is 6.07 Å². The first kappa shape index (κ1) is 23.8. The van der Waals surface area contributed by atoms with Crippen LogP contribution >= 0.6 is 0 Å². The molecule has 2 fully saturated rings. The van der Waals surface area contributed by atoms with Gasteiger partial charge in [0.2, 0.25) is 15.9 Å². The third kappa shape index (κ3) is 7.36. The summed E-state index contributed by atoms with van der Waals surface area (Å²) >= 11 is 0. The van der Waals surface area contributed by atoms with Gasteiger partial charge in [-0.2, -0.15) is 4.31 Å². The number of nitrogens with zero attached hydrogens (tertiary/aromatic N) is 1. The SMILES string of the molecule is O=C(NCCCOCC1CC1)C1CCN(S(=O)(=O)c2cccc(OC(F)(F)F)c2)CC1. The Hall–Kier alpha value is -1.85. The van der Waals surface area contributed by atoms with Crippen molar-refractivity contribution in [3.8, 4) is 5.75 Å². The van der Waals surface area contributed by atoms with E-state index < -0.39 is 22.1 Å². The van der Waals surface area contributed by atoms with Crippen molar-refractivity contribution in [1.29, 1.82) is 0 Å². The van der Waals surface area contributed by atoms with Crippen LogP contribution in [0, 0.1) is 11.8 Å². The van der Waals surface area contributed by atoms with Crippen LogP contribution in [-0.4, -0.2) is 57.8 Å². The van der Waals surface area contributed by atoms with E-state index in [4.69, 9.17) is 4.74 Å². The summed E-state index contributed by atoms with van der Waals surface area (Å²) in [6.07, 6.45) is -1.01. The monoisotopic (exact) mass is 464 g/mol. The Bertz CT molecular complexity index is 851. The highest BCUT2D eigenvalue weighted by atomic mass is 32.2. The van der Waals surface area contributed by atoms with E-state index in [1.165, 1.54) is 29.3 Å². The van der Waals surface area contributed by atoms with Crippen LogP contribution in [0.15, 0.2) is 29.2 Å². The van der Waals surface area contributed by atoms with Crippen LogP contribution in [0.4, 0.5) is 13.2 Å². The summed E-state index contributed by atoms with van der Waals surface area (Å²) < 4.78 is 73.3. The number of amides is 1. The maximum absolute atomic E-state index is 12.8. The van der Waals surface area contributed by atoms with Crippen LogP contribution in [0.3, 0.4) is 0 Å². The lowest BCUT2D eigenvalue weighted by atomic mass is 9.97. The van der Waals surface area contributed by atoms with Gasteiger partial charge in [-0.05, 0) is 50.2 Å². The first-order chi connectivity index (χ1) is 14.6. The van der Waals surface area contributed by atoms with Crippen LogP contribution in [-0.2, 0) is 19.6 Å². The summed E-state index contributed by atoms with van der Waals surface area (Å²) in [6.45, 7) is 2.13. The number of piperidine rings is 1. The van der Waals surface area contributed by atoms with E-state index in [0.717, 1.165) is 25.2 Å². The van der Waals surface area contributed by atoms with Gasteiger partial charge in [0.25, 0.3) is 0 Å². The number of rotatable bonds is 10. The van der Waals surface area contributed by atoms with Gasteiger partial charge in [0.05, 0.1) is 4.90 Å². The quantitative estimate of drug-likeness (QED) is 0.539. The van der Waals surface area contributed by atoms with Crippen LogP contribution in [0.2, 0.25) is 0 Å². The summed E-state index contributed by atoms with van der Waals surface area (Å²) in [6, 6.07) is 4.32. The summed E-state index contributed by atoms with van der Waals surface area (Å²) in [5, 5.41) is 2.86. The third-order valence-corrected chi connectivity index (χ3v) is 7.21. The number of ether oxygens (including phenoxy) is 2. The molecule has 1 aliphatic heterocycles. The number of carbonyl (C=O) groups is 1. The van der Waals surface area contributed by atoms with E-state index in [0.29, 0.717) is 31.9 Å². The average molecular weight is 465 g/mol. The van der Waals surface area contributed by atoms with E-state index >= 15 is 0 Å². The molecule has 174 valence electrons. The molecule has 31 heavy (non-hydrogen) atoms. The highest BCUT2D eigenvalue weighted by Crippen LogP contribution is 2.29. The number of nitrogens with one attached hydrogen (secondary N) is 1. The Morgan fingerprint density at radius 3 is 2.52 bits per heavy atom. The molecule has 1 saturated carbocycles. The summed E-state index contributed by atoms with van der Waals surface area (Å²) in [5.41, 5.74) is 0. The van der Waals surface area contributed by atoms with E-state index in [1.54, 1.807) is 0 Å². The van der Waals surface area contributed by atoms with Crippen molar-refractivity contribution in [3.63, 3.8) is 0 Å². The number of halogens is 3. The third-order valence-electron chi connectivity index (χ3n) is 5.32. The number of alkyl halides is 3. The van der Waals surface area contributed by atoms with Gasteiger partial charge < -0.3 is 14.8 Å². The number of carbonyl (C=O) groups excluding carboxylic acids is 1. The van der Waals surface area contributed by atoms with Gasteiger partial charge in [-0.3, -0.25) is 4.79 Å². The zero-order chi connectivity index (χ0) is 22.5. The largest absolute Gasteiger partial charge is 0.573 e. The number of hydrogen-bond acceptors (Lipinski definition) is 5. The van der Waals surface area contributed by atoms with Gasteiger partial charge in [0.15, 0.2) is 0 Å². The van der Waals surface area contributed by atoms with E-state index in [2.05, 4.69) is 10.1 Å². The molecule has 0 bridgehead atoms. The summed E-state index contributed by atoms with van der Waals surface area (Å²) in [4.78, 5) is 12.0. The molecule has 11 heteroatoms. The Morgan fingerprint density at radius 2 is 1.87 bits per heavy atom. The molecule has 0 radical (unpaired) electrons. The molecule has 0 aromatic heterocycles. The molecule has 0 atom stereocenters. The van der Waals surface area contributed by atoms with Gasteiger partial charge in [-0.25, -0.2) is 8.42 Å². The van der Waals surface area contributed by atoms with E-state index in [1.807, 2.05) is 0 Å². The molecule has 1 aliphatic carbocycles. The second kappa shape index (κ2) is 10.2. The van der Waals surface area contributed by atoms with Crippen molar-refractivity contribution in [1.82, 2.24) is 9.62 Å². The van der Waals surface area contributed by atoms with Crippen molar-refractivity contribution in [3.05, 3.63) is 24.3 Å². The fourth-order valence-corrected chi connectivity index (χ4v) is 4.91. The maximum Gasteiger partial charge on any atom is 0.573 e. The molecular formula is C20H27F3N2O5S. The fourth-order valence-electron chi connectivity index (χ4n) is 3.40. The smallest absolute Gasteiger partial charge is 0.406 e. The molecule has 1 saturated heterocycles. The van der Waals surface area contributed by atoms with Gasteiger partial charge in [0.1, 0.15) is 5.75 Å². The lowest BCUT2D eigenvalue weighted by Gasteiger charge is -2.30. The molecule has 0 spiro atoms. The molecule has 1 heterocycles. The van der Waals surface area contributed by atoms with Crippen LogP contribution in [0.1, 0.15) is 32.1 Å². The number of benzene rings is 1. The zero-order valence-electron chi connectivity index (χ0n) is 17.1. The highest BCUT2D eigenvalue weighted by molar-refractivity contribution is 7.89. The van der Waals surface area contributed by atoms with Gasteiger partial charge in [0, 0.05) is 44.8 Å². The predicted molar refractivity (Wildman–Crippen MR) is 106 cm³/mol. The Labute approximate surface area is 179 Å². The van der Waals surface area contributed by atoms with Gasteiger partial charge in [-0.15, -0.1) is 13.2 Å². The van der Waals surface area contributed by atoms with Gasteiger partial charge >= 0.3 is 6.36 Å². The second-order valence-corrected chi connectivity index (χ2v) is 9.80. The molecule has 7 nitrogen and oxygen atoms in total. The van der Waals surface area contributed by atoms with Crippen molar-refractivity contribution in [2.75, 3.05) is 32.8 Å². The molecule has 1 aromatic carbocycles. The minimum absolute atomic E-state index is 0.111. The maximum atomic E-state index is 12.8. The second-order valence-electron chi connectivity index (χ2n) is 7.86. The first-order valence-corrected chi connectivity index (χ1v) is 11.8. The van der Waals surface area contributed by atoms with Crippen LogP contribution in [0.25, 0.3) is 0 Å². The molecule has 2 aliphatic rings. The molecular weight excluding hydrogens is 437 g/mol.